The lowest BCUT2D eigenvalue weighted by atomic mass is 10.4. The molecule has 2 rings (SSSR count). The van der Waals surface area contributed by atoms with Crippen LogP contribution in [-0.2, 0) is 0 Å². The van der Waals surface area contributed by atoms with Gasteiger partial charge in [-0.15, -0.1) is 10.2 Å². The quantitative estimate of drug-likeness (QED) is 0.651. The van der Waals surface area contributed by atoms with E-state index in [4.69, 9.17) is 4.42 Å². The molecule has 0 aliphatic rings. The van der Waals surface area contributed by atoms with Gasteiger partial charge in [0.05, 0.1) is 11.9 Å². The first-order valence-corrected chi connectivity index (χ1v) is 3.85. The van der Waals surface area contributed by atoms with Gasteiger partial charge in [0.2, 0.25) is 5.89 Å². The molecular formula is C8H8N4O. The molecule has 2 aromatic heterocycles. The minimum absolute atomic E-state index is 0.407. The summed E-state index contributed by atoms with van der Waals surface area (Å²) in [4.78, 5) is 8.18. The first-order valence-electron chi connectivity index (χ1n) is 3.85. The molecule has 0 bridgehead atoms. The van der Waals surface area contributed by atoms with Gasteiger partial charge in [-0.05, 0) is 6.92 Å². The molecule has 0 atom stereocenters. The Labute approximate surface area is 74.9 Å². The Bertz CT molecular complexity index is 406. The summed E-state index contributed by atoms with van der Waals surface area (Å²) in [6.45, 7) is 3.61. The van der Waals surface area contributed by atoms with Gasteiger partial charge >= 0.3 is 0 Å². The van der Waals surface area contributed by atoms with Gasteiger partial charge in [-0.3, -0.25) is 4.98 Å². The Balaban J connectivity index is 2.41. The summed E-state index contributed by atoms with van der Waals surface area (Å²) in [5.74, 6) is 0.933. The number of nitrogens with zero attached hydrogens (tertiary/aromatic N) is 4. The van der Waals surface area contributed by atoms with Crippen LogP contribution in [0.2, 0.25) is 0 Å². The van der Waals surface area contributed by atoms with Crippen molar-refractivity contribution in [2.75, 3.05) is 0 Å². The zero-order valence-corrected chi connectivity index (χ0v) is 7.35. The summed E-state index contributed by atoms with van der Waals surface area (Å²) >= 11 is 0. The molecule has 0 aromatic carbocycles. The number of rotatable bonds is 1. The molecule has 0 aliphatic carbocycles. The molecule has 0 unspecified atom stereocenters. The lowest BCUT2D eigenvalue weighted by Gasteiger charge is -1.92. The minimum Gasteiger partial charge on any atom is -0.420 e. The molecule has 5 heteroatoms. The fourth-order valence-electron chi connectivity index (χ4n) is 0.903. The van der Waals surface area contributed by atoms with Crippen LogP contribution in [0.15, 0.2) is 16.8 Å². The van der Waals surface area contributed by atoms with Gasteiger partial charge in [0.1, 0.15) is 5.69 Å². The molecule has 0 spiro atoms. The van der Waals surface area contributed by atoms with Crippen LogP contribution in [0.25, 0.3) is 11.6 Å². The van der Waals surface area contributed by atoms with Crippen molar-refractivity contribution in [1.82, 2.24) is 20.2 Å². The van der Waals surface area contributed by atoms with Crippen LogP contribution in [-0.4, -0.2) is 20.2 Å². The largest absolute Gasteiger partial charge is 0.420 e. The smallest absolute Gasteiger partial charge is 0.267 e. The third-order valence-corrected chi connectivity index (χ3v) is 1.53. The molecule has 0 radical (unpaired) electrons. The van der Waals surface area contributed by atoms with Crippen LogP contribution in [0.3, 0.4) is 0 Å². The van der Waals surface area contributed by atoms with Crippen LogP contribution in [0.4, 0.5) is 0 Å². The van der Waals surface area contributed by atoms with Gasteiger partial charge in [-0.25, -0.2) is 4.98 Å². The highest BCUT2D eigenvalue weighted by Gasteiger charge is 2.06. The fourth-order valence-corrected chi connectivity index (χ4v) is 0.903. The fraction of sp³-hybridized carbons (Fsp3) is 0.250. The maximum atomic E-state index is 5.18. The first-order chi connectivity index (χ1) is 6.25. The van der Waals surface area contributed by atoms with Gasteiger partial charge in [0, 0.05) is 13.1 Å². The predicted molar refractivity (Wildman–Crippen MR) is 44.8 cm³/mol. The second-order valence-corrected chi connectivity index (χ2v) is 2.67. The molecule has 0 saturated carbocycles. The summed E-state index contributed by atoms with van der Waals surface area (Å²) in [6.07, 6.45) is 3.27. The average molecular weight is 176 g/mol. The Morgan fingerprint density at radius 1 is 1.08 bits per heavy atom. The predicted octanol–water partition coefficient (Wildman–Crippen LogP) is 1.14. The lowest BCUT2D eigenvalue weighted by Crippen LogP contribution is -1.87. The summed E-state index contributed by atoms with van der Waals surface area (Å²) in [5, 5.41) is 7.53. The van der Waals surface area contributed by atoms with Crippen molar-refractivity contribution < 1.29 is 4.42 Å². The molecule has 0 N–H and O–H groups in total. The van der Waals surface area contributed by atoms with Crippen molar-refractivity contribution in [3.8, 4) is 11.6 Å². The molecule has 13 heavy (non-hydrogen) atoms. The maximum Gasteiger partial charge on any atom is 0.267 e. The summed E-state index contributed by atoms with van der Waals surface area (Å²) < 4.78 is 5.18. The molecule has 0 fully saturated rings. The highest BCUT2D eigenvalue weighted by Crippen LogP contribution is 2.12. The topological polar surface area (TPSA) is 64.7 Å². The third kappa shape index (κ3) is 1.53. The van der Waals surface area contributed by atoms with E-state index in [2.05, 4.69) is 20.2 Å². The zero-order chi connectivity index (χ0) is 9.26. The summed E-state index contributed by atoms with van der Waals surface area (Å²) in [5.41, 5.74) is 1.46. The van der Waals surface area contributed by atoms with E-state index in [9.17, 15) is 0 Å². The van der Waals surface area contributed by atoms with Crippen LogP contribution in [0, 0.1) is 13.8 Å². The molecule has 0 saturated heterocycles. The Morgan fingerprint density at radius 2 is 1.92 bits per heavy atom. The van der Waals surface area contributed by atoms with E-state index in [1.807, 2.05) is 6.92 Å². The van der Waals surface area contributed by atoms with Crippen molar-refractivity contribution in [1.29, 1.82) is 0 Å². The van der Waals surface area contributed by atoms with Gasteiger partial charge in [0.15, 0.2) is 0 Å². The number of aryl methyl sites for hydroxylation is 2. The Kier molecular flexibility index (Phi) is 1.77. The minimum atomic E-state index is 0.407. The van der Waals surface area contributed by atoms with Crippen LogP contribution in [0.5, 0.6) is 0 Å². The van der Waals surface area contributed by atoms with Crippen LogP contribution < -0.4 is 0 Å². The summed E-state index contributed by atoms with van der Waals surface area (Å²) in [6, 6.07) is 0. The van der Waals surface area contributed by atoms with Crippen LogP contribution in [0.1, 0.15) is 11.6 Å². The number of aromatic nitrogens is 4. The lowest BCUT2D eigenvalue weighted by molar-refractivity contribution is 0.530. The third-order valence-electron chi connectivity index (χ3n) is 1.53. The molecular weight excluding hydrogens is 168 g/mol. The van der Waals surface area contributed by atoms with Gasteiger partial charge < -0.3 is 4.42 Å². The van der Waals surface area contributed by atoms with E-state index in [-0.39, 0.29) is 0 Å². The second-order valence-electron chi connectivity index (χ2n) is 2.67. The molecule has 0 aliphatic heterocycles. The van der Waals surface area contributed by atoms with Crippen LogP contribution >= 0.6 is 0 Å². The maximum absolute atomic E-state index is 5.18. The average Bonchev–Trinajstić information content (AvgIpc) is 2.53. The van der Waals surface area contributed by atoms with Crippen molar-refractivity contribution >= 4 is 0 Å². The van der Waals surface area contributed by atoms with Gasteiger partial charge in [0.25, 0.3) is 5.89 Å². The normalized spacial score (nSPS) is 10.3. The molecule has 2 aromatic rings. The van der Waals surface area contributed by atoms with E-state index in [0.717, 1.165) is 5.69 Å². The van der Waals surface area contributed by atoms with Crippen molar-refractivity contribution in [3.05, 3.63) is 24.0 Å². The highest BCUT2D eigenvalue weighted by molar-refractivity contribution is 5.43. The molecule has 0 amide bonds. The van der Waals surface area contributed by atoms with Gasteiger partial charge in [-0.2, -0.15) is 0 Å². The Morgan fingerprint density at radius 3 is 2.46 bits per heavy atom. The molecule has 5 nitrogen and oxygen atoms in total. The van der Waals surface area contributed by atoms with Crippen molar-refractivity contribution in [2.45, 2.75) is 13.8 Å². The second kappa shape index (κ2) is 2.93. The van der Waals surface area contributed by atoms with E-state index >= 15 is 0 Å². The number of hydrogen-bond acceptors (Lipinski definition) is 5. The number of hydrogen-bond donors (Lipinski definition) is 0. The standard InChI is InChI=1S/C8H8N4O/c1-5-3-10-7(4-9-5)8-12-11-6(2)13-8/h3-4H,1-2H3. The summed E-state index contributed by atoms with van der Waals surface area (Å²) in [7, 11) is 0. The van der Waals surface area contributed by atoms with E-state index in [1.165, 1.54) is 0 Å². The van der Waals surface area contributed by atoms with Gasteiger partial charge in [-0.1, -0.05) is 0 Å². The molecule has 2 heterocycles. The van der Waals surface area contributed by atoms with E-state index in [0.29, 0.717) is 17.5 Å². The highest BCUT2D eigenvalue weighted by atomic mass is 16.4. The van der Waals surface area contributed by atoms with Crippen molar-refractivity contribution in [2.24, 2.45) is 0 Å². The first kappa shape index (κ1) is 7.85. The SMILES string of the molecule is Cc1cnc(-c2nnc(C)o2)cn1. The zero-order valence-electron chi connectivity index (χ0n) is 7.35. The Hall–Kier alpha value is -1.78. The van der Waals surface area contributed by atoms with E-state index in [1.54, 1.807) is 19.3 Å². The monoisotopic (exact) mass is 176 g/mol. The molecule has 66 valence electrons. The van der Waals surface area contributed by atoms with E-state index < -0.39 is 0 Å². The van der Waals surface area contributed by atoms with Crippen molar-refractivity contribution in [3.63, 3.8) is 0 Å².